The minimum absolute atomic E-state index is 0.796. The van der Waals surface area contributed by atoms with Crippen LogP contribution in [-0.2, 0) is 0 Å². The van der Waals surface area contributed by atoms with E-state index in [-0.39, 0.29) is 0 Å². The predicted octanol–water partition coefficient (Wildman–Crippen LogP) is 1.74. The van der Waals surface area contributed by atoms with Crippen LogP contribution in [0.1, 0.15) is 24.3 Å². The van der Waals surface area contributed by atoms with Gasteiger partial charge in [0, 0.05) is 19.1 Å². The molecule has 2 aliphatic rings. The summed E-state index contributed by atoms with van der Waals surface area (Å²) >= 11 is 1.64. The van der Waals surface area contributed by atoms with Crippen molar-refractivity contribution in [1.29, 1.82) is 0 Å². The van der Waals surface area contributed by atoms with Crippen molar-refractivity contribution in [3.63, 3.8) is 0 Å². The lowest BCUT2D eigenvalue weighted by Crippen LogP contribution is -2.24. The molecule has 1 aliphatic heterocycles. The molecule has 4 nitrogen and oxygen atoms in total. The lowest BCUT2D eigenvalue weighted by atomic mass is 10.1. The molecule has 2 heterocycles. The molecule has 1 aromatic heterocycles. The van der Waals surface area contributed by atoms with Crippen LogP contribution in [0.15, 0.2) is 0 Å². The van der Waals surface area contributed by atoms with Crippen LogP contribution in [-0.4, -0.2) is 40.8 Å². The zero-order valence-electron chi connectivity index (χ0n) is 9.65. The second kappa shape index (κ2) is 4.30. The summed E-state index contributed by atoms with van der Waals surface area (Å²) in [5.74, 6) is 0.796. The molecule has 16 heavy (non-hydrogen) atoms. The van der Waals surface area contributed by atoms with Gasteiger partial charge in [-0.2, -0.15) is 0 Å². The molecular weight excluding hydrogens is 220 g/mol. The monoisotopic (exact) mass is 238 g/mol. The SMILES string of the molecule is Cc1nnc(NCC2CCN(C3CC3)C2)s1. The Labute approximate surface area is 100 Å². The molecule has 1 aliphatic carbocycles. The minimum Gasteiger partial charge on any atom is -0.360 e. The highest BCUT2D eigenvalue weighted by Gasteiger charge is 2.34. The quantitative estimate of drug-likeness (QED) is 0.867. The maximum Gasteiger partial charge on any atom is 0.205 e. The number of rotatable bonds is 4. The first-order valence-corrected chi connectivity index (χ1v) is 6.91. The van der Waals surface area contributed by atoms with Crippen molar-refractivity contribution in [3.8, 4) is 0 Å². The Balaban J connectivity index is 1.45. The summed E-state index contributed by atoms with van der Waals surface area (Å²) in [6, 6.07) is 0.925. The van der Waals surface area contributed by atoms with E-state index in [0.717, 1.165) is 28.6 Å². The number of likely N-dealkylation sites (tertiary alicyclic amines) is 1. The van der Waals surface area contributed by atoms with Crippen molar-refractivity contribution in [2.75, 3.05) is 25.0 Å². The molecule has 1 aromatic rings. The number of hydrogen-bond donors (Lipinski definition) is 1. The Morgan fingerprint density at radius 3 is 2.94 bits per heavy atom. The molecule has 0 amide bonds. The molecule has 0 bridgehead atoms. The highest BCUT2D eigenvalue weighted by molar-refractivity contribution is 7.15. The molecule has 1 N–H and O–H groups in total. The van der Waals surface area contributed by atoms with Gasteiger partial charge in [-0.1, -0.05) is 11.3 Å². The Hall–Kier alpha value is -0.680. The number of aryl methyl sites for hydroxylation is 1. The molecule has 1 saturated heterocycles. The minimum atomic E-state index is 0.796. The van der Waals surface area contributed by atoms with Gasteiger partial charge in [0.2, 0.25) is 5.13 Å². The highest BCUT2D eigenvalue weighted by atomic mass is 32.1. The first-order chi connectivity index (χ1) is 7.81. The van der Waals surface area contributed by atoms with E-state index in [1.54, 1.807) is 11.3 Å². The molecule has 88 valence electrons. The molecule has 2 fully saturated rings. The maximum absolute atomic E-state index is 4.09. The van der Waals surface area contributed by atoms with Gasteiger partial charge in [0.25, 0.3) is 0 Å². The number of nitrogens with one attached hydrogen (secondary N) is 1. The van der Waals surface area contributed by atoms with Gasteiger partial charge in [-0.05, 0) is 38.6 Å². The van der Waals surface area contributed by atoms with Gasteiger partial charge in [0.05, 0.1) is 0 Å². The van der Waals surface area contributed by atoms with Crippen LogP contribution >= 0.6 is 11.3 Å². The van der Waals surface area contributed by atoms with Gasteiger partial charge >= 0.3 is 0 Å². The van der Waals surface area contributed by atoms with E-state index in [9.17, 15) is 0 Å². The van der Waals surface area contributed by atoms with E-state index >= 15 is 0 Å². The second-order valence-electron chi connectivity index (χ2n) is 4.89. The Bertz CT molecular complexity index is 361. The van der Waals surface area contributed by atoms with Gasteiger partial charge < -0.3 is 10.2 Å². The van der Waals surface area contributed by atoms with Gasteiger partial charge in [0.1, 0.15) is 5.01 Å². The van der Waals surface area contributed by atoms with Crippen LogP contribution in [0.5, 0.6) is 0 Å². The van der Waals surface area contributed by atoms with Crippen molar-refractivity contribution < 1.29 is 0 Å². The van der Waals surface area contributed by atoms with Gasteiger partial charge in [-0.25, -0.2) is 0 Å². The Morgan fingerprint density at radius 1 is 1.38 bits per heavy atom. The summed E-state index contributed by atoms with van der Waals surface area (Å²) in [6.45, 7) is 5.62. The van der Waals surface area contributed by atoms with E-state index in [4.69, 9.17) is 0 Å². The molecule has 0 aromatic carbocycles. The highest BCUT2D eigenvalue weighted by Crippen LogP contribution is 2.31. The average molecular weight is 238 g/mol. The second-order valence-corrected chi connectivity index (χ2v) is 6.07. The number of hydrogen-bond acceptors (Lipinski definition) is 5. The van der Waals surface area contributed by atoms with Gasteiger partial charge in [-0.15, -0.1) is 10.2 Å². The van der Waals surface area contributed by atoms with Gasteiger partial charge in [0.15, 0.2) is 0 Å². The number of aromatic nitrogens is 2. The predicted molar refractivity (Wildman–Crippen MR) is 65.8 cm³/mol. The van der Waals surface area contributed by atoms with E-state index in [2.05, 4.69) is 20.4 Å². The van der Waals surface area contributed by atoms with Crippen LogP contribution in [0.3, 0.4) is 0 Å². The molecule has 1 saturated carbocycles. The summed E-state index contributed by atoms with van der Waals surface area (Å²) in [5, 5.41) is 13.5. The zero-order chi connectivity index (χ0) is 11.0. The van der Waals surface area contributed by atoms with E-state index in [1.807, 2.05) is 6.92 Å². The van der Waals surface area contributed by atoms with Crippen LogP contribution in [0, 0.1) is 12.8 Å². The third kappa shape index (κ3) is 2.35. The molecule has 3 rings (SSSR count). The van der Waals surface area contributed by atoms with Crippen molar-refractivity contribution >= 4 is 16.5 Å². The van der Waals surface area contributed by atoms with Crippen molar-refractivity contribution in [3.05, 3.63) is 5.01 Å². The topological polar surface area (TPSA) is 41.1 Å². The zero-order valence-corrected chi connectivity index (χ0v) is 10.5. The lowest BCUT2D eigenvalue weighted by Gasteiger charge is -2.14. The fourth-order valence-electron chi connectivity index (χ4n) is 2.40. The lowest BCUT2D eigenvalue weighted by molar-refractivity contribution is 0.316. The third-order valence-corrected chi connectivity index (χ3v) is 4.24. The number of nitrogens with zero attached hydrogens (tertiary/aromatic N) is 3. The first kappa shape index (κ1) is 10.5. The Morgan fingerprint density at radius 2 is 2.25 bits per heavy atom. The molecule has 0 spiro atoms. The van der Waals surface area contributed by atoms with Crippen LogP contribution in [0.2, 0.25) is 0 Å². The molecule has 1 unspecified atom stereocenters. The molecule has 5 heteroatoms. The fraction of sp³-hybridized carbons (Fsp3) is 0.818. The first-order valence-electron chi connectivity index (χ1n) is 6.09. The normalized spacial score (nSPS) is 26.2. The molecular formula is C11H18N4S. The van der Waals surface area contributed by atoms with E-state index in [1.165, 1.54) is 32.4 Å². The summed E-state index contributed by atoms with van der Waals surface area (Å²) in [5.41, 5.74) is 0. The number of anilines is 1. The summed E-state index contributed by atoms with van der Waals surface area (Å²) in [4.78, 5) is 2.65. The smallest absolute Gasteiger partial charge is 0.205 e. The van der Waals surface area contributed by atoms with Crippen LogP contribution < -0.4 is 5.32 Å². The van der Waals surface area contributed by atoms with Crippen LogP contribution in [0.25, 0.3) is 0 Å². The standard InChI is InChI=1S/C11H18N4S/c1-8-13-14-11(16-8)12-6-9-4-5-15(7-9)10-2-3-10/h9-10H,2-7H2,1H3,(H,12,14). The summed E-state index contributed by atoms with van der Waals surface area (Å²) in [7, 11) is 0. The van der Waals surface area contributed by atoms with Crippen molar-refractivity contribution in [1.82, 2.24) is 15.1 Å². The summed E-state index contributed by atoms with van der Waals surface area (Å²) < 4.78 is 0. The van der Waals surface area contributed by atoms with Crippen molar-refractivity contribution in [2.24, 2.45) is 5.92 Å². The Kier molecular flexibility index (Phi) is 2.81. The fourth-order valence-corrected chi connectivity index (χ4v) is 3.00. The van der Waals surface area contributed by atoms with E-state index in [0.29, 0.717) is 0 Å². The van der Waals surface area contributed by atoms with Crippen molar-refractivity contribution in [2.45, 2.75) is 32.2 Å². The largest absolute Gasteiger partial charge is 0.360 e. The van der Waals surface area contributed by atoms with Crippen LogP contribution in [0.4, 0.5) is 5.13 Å². The molecule has 1 atom stereocenters. The maximum atomic E-state index is 4.09. The average Bonchev–Trinajstić information content (AvgIpc) is 2.87. The summed E-state index contributed by atoms with van der Waals surface area (Å²) in [6.07, 6.45) is 4.19. The van der Waals surface area contributed by atoms with Gasteiger partial charge in [-0.3, -0.25) is 0 Å². The third-order valence-electron chi connectivity index (χ3n) is 3.45. The molecule has 0 radical (unpaired) electrons. The van der Waals surface area contributed by atoms with E-state index < -0.39 is 0 Å².